The van der Waals surface area contributed by atoms with E-state index in [0.29, 0.717) is 17.1 Å². The lowest BCUT2D eigenvalue weighted by Gasteiger charge is -2.10. The van der Waals surface area contributed by atoms with Crippen LogP contribution in [0.1, 0.15) is 5.56 Å². The molecule has 0 radical (unpaired) electrons. The van der Waals surface area contributed by atoms with Crippen LogP contribution in [0.3, 0.4) is 0 Å². The van der Waals surface area contributed by atoms with Crippen LogP contribution in [0.4, 0.5) is 5.69 Å². The molecule has 2 rings (SSSR count). The molecule has 0 unspecified atom stereocenters. The van der Waals surface area contributed by atoms with Crippen LogP contribution < -0.4 is 16.6 Å². The molecule has 0 saturated carbocycles. The van der Waals surface area contributed by atoms with Crippen LogP contribution in [0.25, 0.3) is 0 Å². The van der Waals surface area contributed by atoms with Crippen LogP contribution >= 0.6 is 34.2 Å². The number of rotatable bonds is 3. The van der Waals surface area contributed by atoms with Gasteiger partial charge in [0.15, 0.2) is 0 Å². The van der Waals surface area contributed by atoms with Crippen molar-refractivity contribution in [1.82, 2.24) is 9.13 Å². The van der Waals surface area contributed by atoms with Crippen molar-refractivity contribution in [2.45, 2.75) is 6.54 Å². The summed E-state index contributed by atoms with van der Waals surface area (Å²) in [5.41, 5.74) is 0.612. The first-order chi connectivity index (χ1) is 9.40. The van der Waals surface area contributed by atoms with E-state index in [4.69, 9.17) is 11.6 Å². The molecule has 1 heterocycles. The third kappa shape index (κ3) is 3.06. The number of nitrogens with one attached hydrogen (secondary N) is 1. The van der Waals surface area contributed by atoms with Crippen molar-refractivity contribution in [3.8, 4) is 0 Å². The van der Waals surface area contributed by atoms with E-state index in [0.717, 1.165) is 13.8 Å². The summed E-state index contributed by atoms with van der Waals surface area (Å²) in [6.07, 6.45) is 1.54. The van der Waals surface area contributed by atoms with Crippen LogP contribution in [-0.4, -0.2) is 9.13 Å². The quantitative estimate of drug-likeness (QED) is 0.794. The minimum atomic E-state index is -0.342. The van der Waals surface area contributed by atoms with Crippen LogP contribution in [0, 0.1) is 3.57 Å². The summed E-state index contributed by atoms with van der Waals surface area (Å²) < 4.78 is 3.51. The molecule has 7 heteroatoms. The molecule has 0 bridgehead atoms. The predicted molar refractivity (Wildman–Crippen MR) is 88.4 cm³/mol. The molecule has 20 heavy (non-hydrogen) atoms. The second-order valence-corrected chi connectivity index (χ2v) is 6.04. The van der Waals surface area contributed by atoms with Gasteiger partial charge in [0.1, 0.15) is 0 Å². The lowest BCUT2D eigenvalue weighted by atomic mass is 10.3. The number of halogens is 2. The lowest BCUT2D eigenvalue weighted by molar-refractivity contribution is 0.671. The van der Waals surface area contributed by atoms with Crippen molar-refractivity contribution < 1.29 is 0 Å². The second kappa shape index (κ2) is 6.01. The van der Waals surface area contributed by atoms with Crippen molar-refractivity contribution in [1.29, 1.82) is 0 Å². The molecule has 5 nitrogen and oxygen atoms in total. The van der Waals surface area contributed by atoms with Crippen LogP contribution in [0.5, 0.6) is 0 Å². The number of aromatic nitrogens is 2. The van der Waals surface area contributed by atoms with Gasteiger partial charge in [0.05, 0.1) is 16.3 Å². The van der Waals surface area contributed by atoms with Gasteiger partial charge in [-0.2, -0.15) is 0 Å². The molecule has 0 aliphatic heterocycles. The van der Waals surface area contributed by atoms with Gasteiger partial charge in [-0.25, -0.2) is 4.79 Å². The number of benzene rings is 1. The highest BCUT2D eigenvalue weighted by atomic mass is 127. The molecule has 0 aliphatic rings. The minimum absolute atomic E-state index is 0.303. The molecule has 0 atom stereocenters. The molecule has 0 amide bonds. The largest absolute Gasteiger partial charge is 0.379 e. The Hall–Kier alpha value is -1.28. The average Bonchev–Trinajstić information content (AvgIpc) is 2.40. The third-order valence-electron chi connectivity index (χ3n) is 2.92. The van der Waals surface area contributed by atoms with Gasteiger partial charge in [-0.05, 0) is 40.8 Å². The molecular weight excluding hydrogens is 393 g/mol. The van der Waals surface area contributed by atoms with E-state index in [9.17, 15) is 9.59 Å². The molecule has 1 N–H and O–H groups in total. The summed E-state index contributed by atoms with van der Waals surface area (Å²) in [6, 6.07) is 5.62. The fourth-order valence-electron chi connectivity index (χ4n) is 1.83. The molecule has 1 aromatic carbocycles. The summed E-state index contributed by atoms with van der Waals surface area (Å²) in [4.78, 5) is 23.6. The maximum Gasteiger partial charge on any atom is 0.330 e. The molecule has 0 aliphatic carbocycles. The van der Waals surface area contributed by atoms with E-state index < -0.39 is 0 Å². The van der Waals surface area contributed by atoms with Gasteiger partial charge < -0.3 is 9.88 Å². The number of hydrogen-bond donors (Lipinski definition) is 1. The van der Waals surface area contributed by atoms with Gasteiger partial charge in [-0.15, -0.1) is 0 Å². The molecule has 0 saturated heterocycles. The van der Waals surface area contributed by atoms with Crippen LogP contribution in [0.15, 0.2) is 34.0 Å². The van der Waals surface area contributed by atoms with E-state index in [-0.39, 0.29) is 11.2 Å². The summed E-state index contributed by atoms with van der Waals surface area (Å²) in [7, 11) is 3.08. The van der Waals surface area contributed by atoms with Crippen molar-refractivity contribution in [2.24, 2.45) is 14.1 Å². The predicted octanol–water partition coefficient (Wildman–Crippen LogP) is 1.95. The van der Waals surface area contributed by atoms with E-state index in [1.54, 1.807) is 7.05 Å². The van der Waals surface area contributed by atoms with Gasteiger partial charge in [-0.1, -0.05) is 11.6 Å². The van der Waals surface area contributed by atoms with Gasteiger partial charge in [0, 0.05) is 30.4 Å². The highest BCUT2D eigenvalue weighted by molar-refractivity contribution is 14.1. The first-order valence-corrected chi connectivity index (χ1v) is 7.30. The number of nitrogens with zero attached hydrogens (tertiary/aromatic N) is 2. The van der Waals surface area contributed by atoms with Crippen molar-refractivity contribution in [3.63, 3.8) is 0 Å². The number of aryl methyl sites for hydroxylation is 1. The maximum absolute atomic E-state index is 12.0. The topological polar surface area (TPSA) is 56.0 Å². The fraction of sp³-hybridized carbons (Fsp3) is 0.231. The summed E-state index contributed by atoms with van der Waals surface area (Å²) in [5.74, 6) is 0. The first kappa shape index (κ1) is 15.1. The number of hydrogen-bond acceptors (Lipinski definition) is 3. The molecular formula is C13H13ClIN3O2. The minimum Gasteiger partial charge on any atom is -0.379 e. The maximum atomic E-state index is 12.0. The van der Waals surface area contributed by atoms with E-state index >= 15 is 0 Å². The summed E-state index contributed by atoms with van der Waals surface area (Å²) in [5, 5.41) is 3.70. The zero-order valence-corrected chi connectivity index (χ0v) is 13.9. The Morgan fingerprint density at radius 3 is 2.65 bits per heavy atom. The first-order valence-electron chi connectivity index (χ1n) is 5.84. The van der Waals surface area contributed by atoms with Gasteiger partial charge in [-0.3, -0.25) is 9.36 Å². The normalized spacial score (nSPS) is 10.6. The smallest absolute Gasteiger partial charge is 0.330 e. The van der Waals surface area contributed by atoms with Crippen molar-refractivity contribution in [3.05, 3.63) is 59.4 Å². The Morgan fingerprint density at radius 1 is 1.30 bits per heavy atom. The molecule has 106 valence electrons. The second-order valence-electron chi connectivity index (χ2n) is 4.39. The van der Waals surface area contributed by atoms with E-state index in [1.807, 2.05) is 18.2 Å². The Bertz CT molecular complexity index is 767. The molecule has 1 aromatic heterocycles. The van der Waals surface area contributed by atoms with Crippen molar-refractivity contribution in [2.75, 3.05) is 5.32 Å². The summed E-state index contributed by atoms with van der Waals surface area (Å²) >= 11 is 8.29. The van der Waals surface area contributed by atoms with Crippen LogP contribution in [-0.2, 0) is 20.6 Å². The molecule has 0 fully saturated rings. The monoisotopic (exact) mass is 405 g/mol. The molecule has 0 spiro atoms. The van der Waals surface area contributed by atoms with Gasteiger partial charge in [0.2, 0.25) is 0 Å². The van der Waals surface area contributed by atoms with Crippen LogP contribution in [0.2, 0.25) is 5.02 Å². The third-order valence-corrected chi connectivity index (χ3v) is 3.90. The van der Waals surface area contributed by atoms with Gasteiger partial charge >= 0.3 is 5.69 Å². The zero-order valence-electron chi connectivity index (χ0n) is 11.0. The number of anilines is 1. The Labute approximate surface area is 134 Å². The highest BCUT2D eigenvalue weighted by Gasteiger charge is 2.07. The average molecular weight is 406 g/mol. The zero-order chi connectivity index (χ0) is 14.9. The van der Waals surface area contributed by atoms with E-state index in [1.165, 1.54) is 17.8 Å². The van der Waals surface area contributed by atoms with Crippen molar-refractivity contribution >= 4 is 39.9 Å². The van der Waals surface area contributed by atoms with Gasteiger partial charge in [0.25, 0.3) is 5.56 Å². The standard InChI is InChI=1S/C13H13ClIN3O2/c1-17-7-8(12(19)18(2)13(17)20)6-16-11-4-3-9(15)5-10(11)14/h3-5,7,16H,6H2,1-2H3. The molecule has 2 aromatic rings. The Morgan fingerprint density at radius 2 is 2.00 bits per heavy atom. The SMILES string of the molecule is Cn1cc(CNc2ccc(I)cc2Cl)c(=O)n(C)c1=O. The lowest BCUT2D eigenvalue weighted by Crippen LogP contribution is -2.38. The Kier molecular flexibility index (Phi) is 4.54. The fourth-order valence-corrected chi connectivity index (χ4v) is 2.75. The highest BCUT2D eigenvalue weighted by Crippen LogP contribution is 2.23. The summed E-state index contributed by atoms with van der Waals surface area (Å²) in [6.45, 7) is 0.307. The van der Waals surface area contributed by atoms with E-state index in [2.05, 4.69) is 27.9 Å². The Balaban J connectivity index is 2.28.